The van der Waals surface area contributed by atoms with Gasteiger partial charge in [0.15, 0.2) is 5.60 Å². The van der Waals surface area contributed by atoms with Crippen molar-refractivity contribution in [1.29, 1.82) is 0 Å². The third-order valence-corrected chi connectivity index (χ3v) is 5.31. The van der Waals surface area contributed by atoms with Gasteiger partial charge in [-0.1, -0.05) is 17.3 Å². The summed E-state index contributed by atoms with van der Waals surface area (Å²) >= 11 is 0. The molecule has 4 aromatic heterocycles. The van der Waals surface area contributed by atoms with Crippen molar-refractivity contribution < 1.29 is 9.63 Å². The molecule has 4 heterocycles. The van der Waals surface area contributed by atoms with Crippen molar-refractivity contribution >= 4 is 11.0 Å². The van der Waals surface area contributed by atoms with Crippen LogP contribution in [0.15, 0.2) is 71.8 Å². The first-order chi connectivity index (χ1) is 14.6. The van der Waals surface area contributed by atoms with Crippen LogP contribution in [0.5, 0.6) is 0 Å². The zero-order chi connectivity index (χ0) is 20.7. The van der Waals surface area contributed by atoms with Crippen LogP contribution in [0, 0.1) is 13.8 Å². The van der Waals surface area contributed by atoms with E-state index in [0.29, 0.717) is 28.2 Å². The Balaban J connectivity index is 1.87. The minimum absolute atomic E-state index is 0.462. The number of nitrogens with one attached hydrogen (secondary N) is 1. The third kappa shape index (κ3) is 2.71. The summed E-state index contributed by atoms with van der Waals surface area (Å²) in [6.07, 6.45) is 4.93. The van der Waals surface area contributed by atoms with Crippen LogP contribution in [0.25, 0.3) is 22.2 Å². The molecule has 0 fully saturated rings. The molecule has 0 aliphatic carbocycles. The van der Waals surface area contributed by atoms with Crippen molar-refractivity contribution in [2.45, 2.75) is 19.4 Å². The van der Waals surface area contributed by atoms with Crippen molar-refractivity contribution in [3.8, 4) is 11.1 Å². The minimum Gasteiger partial charge on any atom is -0.373 e. The van der Waals surface area contributed by atoms with Gasteiger partial charge in [0.2, 0.25) is 0 Å². The summed E-state index contributed by atoms with van der Waals surface area (Å²) in [7, 11) is 0. The first-order valence-corrected chi connectivity index (χ1v) is 9.55. The summed E-state index contributed by atoms with van der Waals surface area (Å²) in [6.45, 7) is 3.77. The van der Waals surface area contributed by atoms with Crippen LogP contribution in [-0.4, -0.2) is 30.2 Å². The molecule has 0 saturated carbocycles. The molecule has 0 saturated heterocycles. The summed E-state index contributed by atoms with van der Waals surface area (Å²) in [6, 6.07) is 14.8. The molecule has 0 aliphatic rings. The molecule has 0 bridgehead atoms. The van der Waals surface area contributed by atoms with Gasteiger partial charge in [0.05, 0.1) is 34.4 Å². The molecular formula is C23H19N5O2. The van der Waals surface area contributed by atoms with E-state index in [1.807, 2.05) is 50.2 Å². The summed E-state index contributed by atoms with van der Waals surface area (Å²) in [4.78, 5) is 16.6. The Hall–Kier alpha value is -3.84. The van der Waals surface area contributed by atoms with Crippen LogP contribution in [-0.2, 0) is 5.60 Å². The lowest BCUT2D eigenvalue weighted by Gasteiger charge is -2.28. The van der Waals surface area contributed by atoms with Gasteiger partial charge in [-0.2, -0.15) is 0 Å². The number of H-pyrrole nitrogens is 1. The van der Waals surface area contributed by atoms with Crippen LogP contribution < -0.4 is 0 Å². The Morgan fingerprint density at radius 3 is 2.20 bits per heavy atom. The molecule has 0 spiro atoms. The Labute approximate surface area is 172 Å². The zero-order valence-electron chi connectivity index (χ0n) is 16.5. The lowest BCUT2D eigenvalue weighted by Crippen LogP contribution is -2.31. The van der Waals surface area contributed by atoms with Crippen molar-refractivity contribution in [1.82, 2.24) is 25.1 Å². The number of hydrogen-bond acceptors (Lipinski definition) is 6. The van der Waals surface area contributed by atoms with Crippen molar-refractivity contribution in [3.63, 3.8) is 0 Å². The fourth-order valence-corrected chi connectivity index (χ4v) is 3.93. The number of imidazole rings is 1. The number of hydrogen-bond donors (Lipinski definition) is 2. The number of rotatable bonds is 4. The highest BCUT2D eigenvalue weighted by Crippen LogP contribution is 2.40. The van der Waals surface area contributed by atoms with Gasteiger partial charge in [-0.3, -0.25) is 9.97 Å². The molecule has 0 atom stereocenters. The number of nitrogens with zero attached hydrogens (tertiary/aromatic N) is 4. The Morgan fingerprint density at radius 1 is 0.933 bits per heavy atom. The summed E-state index contributed by atoms with van der Waals surface area (Å²) in [5.74, 6) is 0.705. The second-order valence-electron chi connectivity index (χ2n) is 7.16. The van der Waals surface area contributed by atoms with Gasteiger partial charge in [-0.25, -0.2) is 4.98 Å². The van der Waals surface area contributed by atoms with Crippen LogP contribution >= 0.6 is 0 Å². The molecular weight excluding hydrogens is 378 g/mol. The molecule has 30 heavy (non-hydrogen) atoms. The number of benzene rings is 1. The number of aliphatic hydroxyl groups is 1. The largest absolute Gasteiger partial charge is 0.373 e. The molecule has 0 aliphatic heterocycles. The first kappa shape index (κ1) is 18.2. The highest BCUT2D eigenvalue weighted by molar-refractivity contribution is 5.87. The standard InChI is InChI=1S/C23H19N5O2/c1-14-21(15(2)30-28-14)16-11-17(22-18(12-16)26-13-27-22)23(29,19-7-3-5-9-24-19)20-8-4-6-10-25-20/h3-13,29H,1-2H3,(H,26,27). The van der Waals surface area contributed by atoms with Gasteiger partial charge in [-0.05, 0) is 55.8 Å². The maximum atomic E-state index is 12.2. The van der Waals surface area contributed by atoms with E-state index in [4.69, 9.17) is 4.52 Å². The first-order valence-electron chi connectivity index (χ1n) is 9.55. The Kier molecular flexibility index (Phi) is 4.18. The summed E-state index contributed by atoms with van der Waals surface area (Å²) in [5.41, 5.74) is 3.85. The molecule has 148 valence electrons. The number of aromatic amines is 1. The van der Waals surface area contributed by atoms with E-state index in [1.54, 1.807) is 30.9 Å². The molecule has 1 aromatic carbocycles. The van der Waals surface area contributed by atoms with Crippen LogP contribution in [0.2, 0.25) is 0 Å². The van der Waals surface area contributed by atoms with Gasteiger partial charge in [0, 0.05) is 23.5 Å². The minimum atomic E-state index is -1.61. The summed E-state index contributed by atoms with van der Waals surface area (Å²) in [5, 5.41) is 16.3. The number of pyridine rings is 2. The highest BCUT2D eigenvalue weighted by Gasteiger charge is 2.39. The predicted octanol–water partition coefficient (Wildman–Crippen LogP) is 3.91. The molecule has 2 N–H and O–H groups in total. The number of aromatic nitrogens is 5. The Morgan fingerprint density at radius 2 is 1.63 bits per heavy atom. The highest BCUT2D eigenvalue weighted by atomic mass is 16.5. The van der Waals surface area contributed by atoms with Crippen molar-refractivity contribution in [3.05, 3.63) is 95.7 Å². The molecule has 0 amide bonds. The van der Waals surface area contributed by atoms with E-state index in [-0.39, 0.29) is 0 Å². The second kappa shape index (κ2) is 6.89. The van der Waals surface area contributed by atoms with Gasteiger partial charge in [-0.15, -0.1) is 0 Å². The predicted molar refractivity (Wildman–Crippen MR) is 112 cm³/mol. The van der Waals surface area contributed by atoms with Gasteiger partial charge in [0.25, 0.3) is 0 Å². The van der Waals surface area contributed by atoms with Gasteiger partial charge < -0.3 is 14.6 Å². The maximum absolute atomic E-state index is 12.2. The van der Waals surface area contributed by atoms with E-state index in [1.165, 1.54) is 0 Å². The average Bonchev–Trinajstić information content (AvgIpc) is 3.39. The monoisotopic (exact) mass is 397 g/mol. The molecule has 7 heteroatoms. The van der Waals surface area contributed by atoms with Crippen LogP contribution in [0.3, 0.4) is 0 Å². The number of fused-ring (bicyclic) bond motifs is 1. The van der Waals surface area contributed by atoms with Crippen LogP contribution in [0.1, 0.15) is 28.4 Å². The fraction of sp³-hybridized carbons (Fsp3) is 0.130. The number of aryl methyl sites for hydroxylation is 2. The van der Waals surface area contributed by atoms with E-state index in [0.717, 1.165) is 22.3 Å². The fourth-order valence-electron chi connectivity index (χ4n) is 3.93. The smallest absolute Gasteiger partial charge is 0.176 e. The van der Waals surface area contributed by atoms with E-state index >= 15 is 0 Å². The molecule has 5 aromatic rings. The molecule has 0 radical (unpaired) electrons. The second-order valence-corrected chi connectivity index (χ2v) is 7.16. The lowest BCUT2D eigenvalue weighted by atomic mass is 9.83. The quantitative estimate of drug-likeness (QED) is 0.477. The third-order valence-electron chi connectivity index (χ3n) is 5.31. The SMILES string of the molecule is Cc1noc(C)c1-c1cc(C(O)(c2ccccn2)c2ccccn2)c2nc[nH]c2c1. The topological polar surface area (TPSA) is 101 Å². The van der Waals surface area contributed by atoms with E-state index < -0.39 is 5.60 Å². The molecule has 7 nitrogen and oxygen atoms in total. The van der Waals surface area contributed by atoms with Crippen molar-refractivity contribution in [2.24, 2.45) is 0 Å². The maximum Gasteiger partial charge on any atom is 0.176 e. The van der Waals surface area contributed by atoms with Crippen LogP contribution in [0.4, 0.5) is 0 Å². The summed E-state index contributed by atoms with van der Waals surface area (Å²) < 4.78 is 5.37. The normalized spacial score (nSPS) is 11.8. The zero-order valence-corrected chi connectivity index (χ0v) is 16.5. The molecule has 5 rings (SSSR count). The van der Waals surface area contributed by atoms with E-state index in [2.05, 4.69) is 25.1 Å². The van der Waals surface area contributed by atoms with Gasteiger partial charge >= 0.3 is 0 Å². The van der Waals surface area contributed by atoms with E-state index in [9.17, 15) is 5.11 Å². The average molecular weight is 397 g/mol. The van der Waals surface area contributed by atoms with Gasteiger partial charge in [0.1, 0.15) is 5.76 Å². The van der Waals surface area contributed by atoms with Crippen molar-refractivity contribution in [2.75, 3.05) is 0 Å². The lowest BCUT2D eigenvalue weighted by molar-refractivity contribution is 0.117. The Bertz CT molecular complexity index is 1270. The molecule has 0 unspecified atom stereocenters.